The molecule has 0 unspecified atom stereocenters. The maximum absolute atomic E-state index is 13.3. The van der Waals surface area contributed by atoms with Gasteiger partial charge in [0.2, 0.25) is 0 Å². The van der Waals surface area contributed by atoms with Crippen LogP contribution in [0.5, 0.6) is 5.75 Å². The molecule has 2 aliphatic rings. The summed E-state index contributed by atoms with van der Waals surface area (Å²) >= 11 is 1.51. The molecule has 2 aliphatic heterocycles. The third-order valence-corrected chi connectivity index (χ3v) is 5.68. The summed E-state index contributed by atoms with van der Waals surface area (Å²) in [7, 11) is 1.60. The monoisotopic (exact) mass is 380 g/mol. The maximum Gasteiger partial charge on any atom is 0.261 e. The molecule has 1 N–H and O–H groups in total. The molecule has 0 fully saturated rings. The number of methoxy groups -OCH3 is 1. The van der Waals surface area contributed by atoms with Crippen LogP contribution in [0, 0.1) is 0 Å². The van der Waals surface area contributed by atoms with Crippen LogP contribution in [-0.2, 0) is 9.59 Å². The van der Waals surface area contributed by atoms with Gasteiger partial charge in [-0.05, 0) is 30.0 Å². The van der Waals surface area contributed by atoms with E-state index in [2.05, 4.69) is 12.2 Å². The Balaban J connectivity index is 1.95. The van der Waals surface area contributed by atoms with Gasteiger partial charge in [-0.15, -0.1) is 11.3 Å². The largest absolute Gasteiger partial charge is 0.496 e. The van der Waals surface area contributed by atoms with Crippen LogP contribution in [0.3, 0.4) is 0 Å². The van der Waals surface area contributed by atoms with E-state index in [0.717, 1.165) is 23.3 Å². The van der Waals surface area contributed by atoms with Crippen LogP contribution in [0.25, 0.3) is 11.4 Å². The van der Waals surface area contributed by atoms with Gasteiger partial charge in [-0.1, -0.05) is 31.5 Å². The molecular weight excluding hydrogens is 360 g/mol. The number of carbonyl (C=O) groups is 2. The summed E-state index contributed by atoms with van der Waals surface area (Å²) in [6.45, 7) is 2.65. The number of rotatable bonds is 6. The Morgan fingerprint density at radius 3 is 2.63 bits per heavy atom. The van der Waals surface area contributed by atoms with Crippen LogP contribution < -0.4 is 10.1 Å². The summed E-state index contributed by atoms with van der Waals surface area (Å²) in [6, 6.07) is 11.3. The summed E-state index contributed by atoms with van der Waals surface area (Å²) in [6.07, 6.45) is 1.82. The lowest BCUT2D eigenvalue weighted by Crippen LogP contribution is -2.28. The maximum atomic E-state index is 13.3. The lowest BCUT2D eigenvalue weighted by Gasteiger charge is -2.22. The SMILES string of the molecule is CCCCN1C(=O)C2=C(c3cccs3)NC(=O)C2=C1c1ccccc1OC. The number of hydrogen-bond donors (Lipinski definition) is 1. The van der Waals surface area contributed by atoms with Crippen molar-refractivity contribution in [1.29, 1.82) is 0 Å². The van der Waals surface area contributed by atoms with Crippen molar-refractivity contribution in [2.45, 2.75) is 19.8 Å². The Labute approximate surface area is 161 Å². The molecule has 6 heteroatoms. The molecule has 0 bridgehead atoms. The molecule has 0 saturated heterocycles. The van der Waals surface area contributed by atoms with Gasteiger partial charge in [-0.2, -0.15) is 0 Å². The van der Waals surface area contributed by atoms with E-state index < -0.39 is 0 Å². The van der Waals surface area contributed by atoms with Crippen LogP contribution in [-0.4, -0.2) is 30.4 Å². The topological polar surface area (TPSA) is 58.6 Å². The predicted molar refractivity (Wildman–Crippen MR) is 106 cm³/mol. The highest BCUT2D eigenvalue weighted by Gasteiger charge is 2.45. The summed E-state index contributed by atoms with van der Waals surface area (Å²) in [5, 5.41) is 4.84. The van der Waals surface area contributed by atoms with E-state index in [9.17, 15) is 9.59 Å². The number of nitrogens with zero attached hydrogens (tertiary/aromatic N) is 1. The number of unbranched alkanes of at least 4 members (excludes halogenated alkanes) is 1. The van der Waals surface area contributed by atoms with E-state index in [1.165, 1.54) is 11.3 Å². The van der Waals surface area contributed by atoms with E-state index >= 15 is 0 Å². The summed E-state index contributed by atoms with van der Waals surface area (Å²) < 4.78 is 5.51. The van der Waals surface area contributed by atoms with Gasteiger partial charge in [0.05, 0.1) is 34.5 Å². The molecule has 3 heterocycles. The van der Waals surface area contributed by atoms with Crippen molar-refractivity contribution in [2.24, 2.45) is 0 Å². The van der Waals surface area contributed by atoms with Gasteiger partial charge >= 0.3 is 0 Å². The number of carbonyl (C=O) groups excluding carboxylic acids is 2. The lowest BCUT2D eigenvalue weighted by molar-refractivity contribution is -0.123. The quantitative estimate of drug-likeness (QED) is 0.832. The molecule has 2 amide bonds. The number of nitrogens with one attached hydrogen (secondary N) is 1. The molecule has 27 heavy (non-hydrogen) atoms. The Bertz CT molecular complexity index is 973. The average molecular weight is 380 g/mol. The zero-order valence-electron chi connectivity index (χ0n) is 15.2. The van der Waals surface area contributed by atoms with Gasteiger partial charge in [0.25, 0.3) is 11.8 Å². The number of fused-ring (bicyclic) bond motifs is 1. The van der Waals surface area contributed by atoms with E-state index in [4.69, 9.17) is 4.74 Å². The van der Waals surface area contributed by atoms with E-state index in [1.807, 2.05) is 41.8 Å². The molecule has 0 atom stereocenters. The second-order valence-electron chi connectivity index (χ2n) is 6.42. The molecule has 0 aliphatic carbocycles. The van der Waals surface area contributed by atoms with Crippen LogP contribution in [0.15, 0.2) is 52.9 Å². The van der Waals surface area contributed by atoms with Crippen molar-refractivity contribution in [1.82, 2.24) is 10.2 Å². The minimum atomic E-state index is -0.235. The molecule has 138 valence electrons. The fourth-order valence-electron chi connectivity index (χ4n) is 3.54. The summed E-state index contributed by atoms with van der Waals surface area (Å²) in [5.74, 6) is 0.288. The Kier molecular flexibility index (Phi) is 4.58. The van der Waals surface area contributed by atoms with Gasteiger partial charge in [-0.3, -0.25) is 9.59 Å². The van der Waals surface area contributed by atoms with E-state index in [0.29, 0.717) is 34.8 Å². The number of amides is 2. The van der Waals surface area contributed by atoms with Crippen molar-refractivity contribution < 1.29 is 14.3 Å². The van der Waals surface area contributed by atoms with Crippen LogP contribution in [0.2, 0.25) is 0 Å². The number of ether oxygens (including phenoxy) is 1. The minimum absolute atomic E-state index is 0.124. The van der Waals surface area contributed by atoms with Gasteiger partial charge in [0.15, 0.2) is 0 Å². The molecule has 1 aromatic carbocycles. The normalized spacial score (nSPS) is 16.3. The first-order valence-electron chi connectivity index (χ1n) is 8.96. The summed E-state index contributed by atoms with van der Waals surface area (Å²) in [5.41, 5.74) is 2.94. The highest BCUT2D eigenvalue weighted by molar-refractivity contribution is 7.11. The third kappa shape index (κ3) is 2.77. The minimum Gasteiger partial charge on any atom is -0.496 e. The molecule has 5 nitrogen and oxygen atoms in total. The Morgan fingerprint density at radius 1 is 1.11 bits per heavy atom. The van der Waals surface area contributed by atoms with E-state index in [-0.39, 0.29) is 11.8 Å². The lowest BCUT2D eigenvalue weighted by atomic mass is 10.0. The molecule has 0 radical (unpaired) electrons. The Morgan fingerprint density at radius 2 is 1.93 bits per heavy atom. The highest BCUT2D eigenvalue weighted by atomic mass is 32.1. The standard InChI is InChI=1S/C21H20N2O3S/c1-3-4-11-23-19(13-8-5-6-9-14(13)26-2)17-16(21(23)25)18(22-20(17)24)15-10-7-12-27-15/h5-10,12H,3-4,11H2,1-2H3,(H,22,24). The highest BCUT2D eigenvalue weighted by Crippen LogP contribution is 2.45. The first kappa shape index (κ1) is 17.5. The molecule has 2 aromatic rings. The van der Waals surface area contributed by atoms with Gasteiger partial charge in [0, 0.05) is 12.1 Å². The molecule has 4 rings (SSSR count). The zero-order chi connectivity index (χ0) is 19.0. The third-order valence-electron chi connectivity index (χ3n) is 4.80. The van der Waals surface area contributed by atoms with Crippen LogP contribution in [0.1, 0.15) is 30.2 Å². The number of hydrogen-bond acceptors (Lipinski definition) is 4. The van der Waals surface area contributed by atoms with Gasteiger partial charge < -0.3 is 15.0 Å². The smallest absolute Gasteiger partial charge is 0.261 e. The molecule has 0 spiro atoms. The molecule has 1 aromatic heterocycles. The second-order valence-corrected chi connectivity index (χ2v) is 7.36. The van der Waals surface area contributed by atoms with Gasteiger partial charge in [0.1, 0.15) is 5.75 Å². The number of para-hydroxylation sites is 1. The first-order chi connectivity index (χ1) is 13.2. The van der Waals surface area contributed by atoms with Crippen molar-refractivity contribution in [3.63, 3.8) is 0 Å². The predicted octanol–water partition coefficient (Wildman–Crippen LogP) is 3.65. The zero-order valence-corrected chi connectivity index (χ0v) is 16.1. The van der Waals surface area contributed by atoms with Crippen molar-refractivity contribution >= 4 is 34.5 Å². The van der Waals surface area contributed by atoms with Crippen molar-refractivity contribution in [2.75, 3.05) is 13.7 Å². The van der Waals surface area contributed by atoms with Gasteiger partial charge in [-0.25, -0.2) is 0 Å². The van der Waals surface area contributed by atoms with Crippen molar-refractivity contribution in [3.05, 3.63) is 63.4 Å². The summed E-state index contributed by atoms with van der Waals surface area (Å²) in [4.78, 5) is 28.8. The van der Waals surface area contributed by atoms with E-state index in [1.54, 1.807) is 12.0 Å². The number of benzene rings is 1. The van der Waals surface area contributed by atoms with Crippen LogP contribution >= 0.6 is 11.3 Å². The van der Waals surface area contributed by atoms with Crippen LogP contribution in [0.4, 0.5) is 0 Å². The Hall–Kier alpha value is -2.86. The first-order valence-corrected chi connectivity index (χ1v) is 9.84. The molecule has 0 saturated carbocycles. The fraction of sp³-hybridized carbons (Fsp3) is 0.238. The van der Waals surface area contributed by atoms with Crippen molar-refractivity contribution in [3.8, 4) is 5.75 Å². The second kappa shape index (κ2) is 7.04. The fourth-order valence-corrected chi connectivity index (χ4v) is 4.28. The number of thiophene rings is 1. The molecular formula is C21H20N2O3S. The average Bonchev–Trinajstić information content (AvgIpc) is 3.38.